The van der Waals surface area contributed by atoms with E-state index in [1.54, 1.807) is 0 Å². The summed E-state index contributed by atoms with van der Waals surface area (Å²) in [4.78, 5) is 8.64. The fraction of sp³-hybridized carbons (Fsp3) is 0.231. The van der Waals surface area contributed by atoms with Crippen LogP contribution < -0.4 is 5.73 Å². The number of nitrogen functional groups attached to an aromatic ring is 1. The molecule has 0 saturated heterocycles. The van der Waals surface area contributed by atoms with E-state index in [0.717, 1.165) is 22.8 Å². The first kappa shape index (κ1) is 10.6. The Kier molecular flexibility index (Phi) is 2.60. The van der Waals surface area contributed by atoms with Crippen molar-refractivity contribution < 1.29 is 0 Å². The van der Waals surface area contributed by atoms with E-state index in [1.165, 1.54) is 5.56 Å². The lowest BCUT2D eigenvalue weighted by atomic mass is 10.1. The van der Waals surface area contributed by atoms with E-state index in [0.29, 0.717) is 5.69 Å². The number of benzene rings is 1. The molecule has 0 saturated carbocycles. The predicted octanol–water partition coefficient (Wildman–Crippen LogP) is 2.65. The summed E-state index contributed by atoms with van der Waals surface area (Å²) in [6.45, 7) is 5.84. The Labute approximate surface area is 95.4 Å². The quantitative estimate of drug-likeness (QED) is 0.792. The highest BCUT2D eigenvalue weighted by Crippen LogP contribution is 2.25. The highest BCUT2D eigenvalue weighted by molar-refractivity contribution is 5.73. The van der Waals surface area contributed by atoms with Gasteiger partial charge in [-0.2, -0.15) is 0 Å². The van der Waals surface area contributed by atoms with Crippen LogP contribution in [0.4, 0.5) is 5.69 Å². The fourth-order valence-electron chi connectivity index (χ4n) is 1.65. The van der Waals surface area contributed by atoms with Gasteiger partial charge in [0.05, 0.1) is 17.1 Å². The molecule has 3 nitrogen and oxygen atoms in total. The molecule has 0 unspecified atom stereocenters. The molecule has 1 aromatic heterocycles. The summed E-state index contributed by atoms with van der Waals surface area (Å²) in [5, 5.41) is 0. The van der Waals surface area contributed by atoms with Crippen LogP contribution in [0.5, 0.6) is 0 Å². The molecule has 0 aliphatic rings. The molecule has 0 aliphatic heterocycles. The standard InChI is InChI=1S/C13H15N3/c1-8-4-6-11(7-5-8)13-12(14)9(2)15-10(3)16-13/h4-7H,14H2,1-3H3. The van der Waals surface area contributed by atoms with Crippen LogP contribution in [-0.4, -0.2) is 9.97 Å². The smallest absolute Gasteiger partial charge is 0.126 e. The number of rotatable bonds is 1. The minimum atomic E-state index is 0.662. The average Bonchev–Trinajstić information content (AvgIpc) is 2.25. The van der Waals surface area contributed by atoms with Gasteiger partial charge in [-0.3, -0.25) is 0 Å². The van der Waals surface area contributed by atoms with Crippen LogP contribution in [0.2, 0.25) is 0 Å². The summed E-state index contributed by atoms with van der Waals surface area (Å²) in [7, 11) is 0. The molecule has 0 aliphatic carbocycles. The van der Waals surface area contributed by atoms with Gasteiger partial charge in [-0.25, -0.2) is 9.97 Å². The molecule has 82 valence electrons. The number of nitrogens with zero attached hydrogens (tertiary/aromatic N) is 2. The van der Waals surface area contributed by atoms with Gasteiger partial charge in [-0.15, -0.1) is 0 Å². The largest absolute Gasteiger partial charge is 0.395 e. The third kappa shape index (κ3) is 1.89. The Morgan fingerprint density at radius 2 is 1.56 bits per heavy atom. The van der Waals surface area contributed by atoms with Gasteiger partial charge in [0.15, 0.2) is 0 Å². The molecule has 0 fully saturated rings. The van der Waals surface area contributed by atoms with Crippen molar-refractivity contribution in [1.82, 2.24) is 9.97 Å². The molecule has 16 heavy (non-hydrogen) atoms. The molecular weight excluding hydrogens is 198 g/mol. The second-order valence-corrected chi connectivity index (χ2v) is 3.98. The Hall–Kier alpha value is -1.90. The van der Waals surface area contributed by atoms with Gasteiger partial charge < -0.3 is 5.73 Å². The number of nitrogens with two attached hydrogens (primary N) is 1. The topological polar surface area (TPSA) is 51.8 Å². The summed E-state index contributed by atoms with van der Waals surface area (Å²) in [5.41, 5.74) is 10.6. The SMILES string of the molecule is Cc1ccc(-c2nc(C)nc(C)c2N)cc1. The zero-order chi connectivity index (χ0) is 11.7. The first-order valence-electron chi connectivity index (χ1n) is 5.25. The minimum Gasteiger partial charge on any atom is -0.395 e. The fourth-order valence-corrected chi connectivity index (χ4v) is 1.65. The van der Waals surface area contributed by atoms with Crippen molar-refractivity contribution in [3.63, 3.8) is 0 Å². The van der Waals surface area contributed by atoms with Gasteiger partial charge in [0, 0.05) is 5.56 Å². The van der Waals surface area contributed by atoms with Gasteiger partial charge in [0.25, 0.3) is 0 Å². The van der Waals surface area contributed by atoms with E-state index in [9.17, 15) is 0 Å². The maximum atomic E-state index is 6.00. The maximum Gasteiger partial charge on any atom is 0.126 e. The molecule has 3 heteroatoms. The lowest BCUT2D eigenvalue weighted by Gasteiger charge is -2.08. The van der Waals surface area contributed by atoms with Crippen molar-refractivity contribution in [2.45, 2.75) is 20.8 Å². The summed E-state index contributed by atoms with van der Waals surface area (Å²) in [6.07, 6.45) is 0. The molecule has 1 aromatic carbocycles. The molecule has 0 amide bonds. The molecule has 2 aromatic rings. The van der Waals surface area contributed by atoms with Crippen molar-refractivity contribution in [2.75, 3.05) is 5.73 Å². The number of anilines is 1. The predicted molar refractivity (Wildman–Crippen MR) is 66.1 cm³/mol. The molecule has 0 atom stereocenters. The summed E-state index contributed by atoms with van der Waals surface area (Å²) < 4.78 is 0. The zero-order valence-electron chi connectivity index (χ0n) is 9.78. The lowest BCUT2D eigenvalue weighted by Crippen LogP contribution is -2.02. The Bertz CT molecular complexity index is 515. The van der Waals surface area contributed by atoms with Gasteiger partial charge in [-0.05, 0) is 20.8 Å². The third-order valence-corrected chi connectivity index (χ3v) is 2.57. The van der Waals surface area contributed by atoms with E-state index < -0.39 is 0 Å². The van der Waals surface area contributed by atoms with Crippen LogP contribution in [0.1, 0.15) is 17.1 Å². The summed E-state index contributed by atoms with van der Waals surface area (Å²) in [5.74, 6) is 0.752. The molecule has 1 heterocycles. The maximum absolute atomic E-state index is 6.00. The molecule has 0 radical (unpaired) electrons. The van der Waals surface area contributed by atoms with Crippen LogP contribution in [0, 0.1) is 20.8 Å². The number of aryl methyl sites for hydroxylation is 3. The molecule has 2 N–H and O–H groups in total. The molecule has 0 bridgehead atoms. The summed E-state index contributed by atoms with van der Waals surface area (Å²) in [6, 6.07) is 8.18. The van der Waals surface area contributed by atoms with Gasteiger partial charge in [-0.1, -0.05) is 29.8 Å². The van der Waals surface area contributed by atoms with Crippen LogP contribution in [0.15, 0.2) is 24.3 Å². The van der Waals surface area contributed by atoms with Crippen molar-refractivity contribution in [3.8, 4) is 11.3 Å². The van der Waals surface area contributed by atoms with Gasteiger partial charge >= 0.3 is 0 Å². The molecule has 2 rings (SSSR count). The number of aromatic nitrogens is 2. The van der Waals surface area contributed by atoms with Gasteiger partial charge in [0.2, 0.25) is 0 Å². The Morgan fingerprint density at radius 3 is 2.19 bits per heavy atom. The van der Waals surface area contributed by atoms with Crippen LogP contribution in [0.25, 0.3) is 11.3 Å². The minimum absolute atomic E-state index is 0.662. The number of hydrogen-bond donors (Lipinski definition) is 1. The van der Waals surface area contributed by atoms with E-state index in [2.05, 4.69) is 29.0 Å². The first-order valence-corrected chi connectivity index (χ1v) is 5.25. The van der Waals surface area contributed by atoms with E-state index in [4.69, 9.17) is 5.73 Å². The normalized spacial score (nSPS) is 10.4. The number of hydrogen-bond acceptors (Lipinski definition) is 3. The van der Waals surface area contributed by atoms with E-state index >= 15 is 0 Å². The average molecular weight is 213 g/mol. The van der Waals surface area contributed by atoms with Crippen molar-refractivity contribution >= 4 is 5.69 Å². The Balaban J connectivity index is 2.59. The monoisotopic (exact) mass is 213 g/mol. The van der Waals surface area contributed by atoms with Gasteiger partial charge in [0.1, 0.15) is 5.82 Å². The van der Waals surface area contributed by atoms with E-state index in [-0.39, 0.29) is 0 Å². The van der Waals surface area contributed by atoms with Crippen molar-refractivity contribution in [3.05, 3.63) is 41.3 Å². The van der Waals surface area contributed by atoms with Crippen molar-refractivity contribution in [1.29, 1.82) is 0 Å². The molecule has 0 spiro atoms. The third-order valence-electron chi connectivity index (χ3n) is 2.57. The summed E-state index contributed by atoms with van der Waals surface area (Å²) >= 11 is 0. The van der Waals surface area contributed by atoms with E-state index in [1.807, 2.05) is 26.0 Å². The second-order valence-electron chi connectivity index (χ2n) is 3.98. The zero-order valence-corrected chi connectivity index (χ0v) is 9.78. The highest BCUT2D eigenvalue weighted by atomic mass is 14.9. The Morgan fingerprint density at radius 1 is 0.938 bits per heavy atom. The van der Waals surface area contributed by atoms with Crippen LogP contribution in [-0.2, 0) is 0 Å². The second kappa shape index (κ2) is 3.93. The molecular formula is C13H15N3. The van der Waals surface area contributed by atoms with Crippen molar-refractivity contribution in [2.24, 2.45) is 0 Å². The van der Waals surface area contributed by atoms with Crippen LogP contribution >= 0.6 is 0 Å². The lowest BCUT2D eigenvalue weighted by molar-refractivity contribution is 1.02. The highest BCUT2D eigenvalue weighted by Gasteiger charge is 2.08. The van der Waals surface area contributed by atoms with Crippen LogP contribution in [0.3, 0.4) is 0 Å². The first-order chi connectivity index (χ1) is 7.58.